The Morgan fingerprint density at radius 3 is 1.98 bits per heavy atom. The Labute approximate surface area is 252 Å². The Bertz CT molecular complexity index is 1350. The standard InChI is InChI=1S/C31H37N3O7.ClH/c1-38-27-14-6-22(20-29(27)40-3)16-19-32(24-11-12-24)17-5-18-33(26-13-15-28(39-2)30(21-26)41-4)31(35)23-7-9-25(10-8-23)34(36)37;/h6-10,13-15,20-21,24H,5,11-12,16-19H2,1-4H3;1H. The zero-order valence-corrected chi connectivity index (χ0v) is 25.2. The van der Waals surface area contributed by atoms with E-state index in [0.717, 1.165) is 31.7 Å². The molecule has 0 spiro atoms. The Morgan fingerprint density at radius 1 is 0.810 bits per heavy atom. The summed E-state index contributed by atoms with van der Waals surface area (Å²) in [6, 6.07) is 17.6. The summed E-state index contributed by atoms with van der Waals surface area (Å²) in [6.45, 7) is 2.19. The fourth-order valence-corrected chi connectivity index (χ4v) is 4.88. The van der Waals surface area contributed by atoms with E-state index in [0.29, 0.717) is 41.1 Å². The Hall–Kier alpha value is -4.02. The molecule has 0 saturated heterocycles. The number of non-ortho nitro benzene ring substituents is 1. The summed E-state index contributed by atoms with van der Waals surface area (Å²) in [5.41, 5.74) is 2.15. The maximum Gasteiger partial charge on any atom is 0.269 e. The smallest absolute Gasteiger partial charge is 0.269 e. The van der Waals surface area contributed by atoms with Crippen LogP contribution in [-0.2, 0) is 6.42 Å². The van der Waals surface area contributed by atoms with E-state index in [2.05, 4.69) is 11.0 Å². The lowest BCUT2D eigenvalue weighted by Gasteiger charge is -2.27. The van der Waals surface area contributed by atoms with E-state index < -0.39 is 4.92 Å². The van der Waals surface area contributed by atoms with Crippen molar-refractivity contribution in [3.8, 4) is 23.0 Å². The second-order valence-corrected chi connectivity index (χ2v) is 9.86. The number of anilines is 1. The van der Waals surface area contributed by atoms with Gasteiger partial charge >= 0.3 is 0 Å². The highest BCUT2D eigenvalue weighted by molar-refractivity contribution is 6.06. The van der Waals surface area contributed by atoms with E-state index in [-0.39, 0.29) is 24.0 Å². The van der Waals surface area contributed by atoms with Gasteiger partial charge in [-0.15, -0.1) is 12.4 Å². The molecule has 0 radical (unpaired) electrons. The van der Waals surface area contributed by atoms with Gasteiger partial charge in [-0.05, 0) is 67.6 Å². The maximum absolute atomic E-state index is 13.7. The minimum absolute atomic E-state index is 0. The Morgan fingerprint density at radius 2 is 1.40 bits per heavy atom. The molecule has 4 rings (SSSR count). The van der Waals surface area contributed by atoms with Gasteiger partial charge in [0.2, 0.25) is 0 Å². The summed E-state index contributed by atoms with van der Waals surface area (Å²) >= 11 is 0. The van der Waals surface area contributed by atoms with E-state index in [9.17, 15) is 14.9 Å². The van der Waals surface area contributed by atoms with Crippen LogP contribution in [0.2, 0.25) is 0 Å². The second kappa shape index (κ2) is 15.3. The minimum atomic E-state index is -0.477. The van der Waals surface area contributed by atoms with Crippen molar-refractivity contribution in [3.63, 3.8) is 0 Å². The molecule has 10 nitrogen and oxygen atoms in total. The molecular weight excluding hydrogens is 562 g/mol. The van der Waals surface area contributed by atoms with Gasteiger partial charge in [-0.1, -0.05) is 6.07 Å². The number of amides is 1. The number of nitro benzene ring substituents is 1. The van der Waals surface area contributed by atoms with Gasteiger partial charge < -0.3 is 23.8 Å². The zero-order chi connectivity index (χ0) is 29.4. The van der Waals surface area contributed by atoms with Crippen LogP contribution >= 0.6 is 12.4 Å². The molecule has 42 heavy (non-hydrogen) atoms. The monoisotopic (exact) mass is 599 g/mol. The molecule has 1 amide bonds. The van der Waals surface area contributed by atoms with E-state index in [1.807, 2.05) is 18.2 Å². The number of carbonyl (C=O) groups is 1. The van der Waals surface area contributed by atoms with Crippen LogP contribution in [0.5, 0.6) is 23.0 Å². The number of ether oxygens (including phenoxy) is 4. The third-order valence-corrected chi connectivity index (χ3v) is 7.27. The van der Waals surface area contributed by atoms with Crippen molar-refractivity contribution in [2.75, 3.05) is 53.0 Å². The molecule has 0 heterocycles. The van der Waals surface area contributed by atoms with E-state index in [4.69, 9.17) is 18.9 Å². The van der Waals surface area contributed by atoms with Crippen LogP contribution in [0.4, 0.5) is 11.4 Å². The molecular formula is C31H38ClN3O7. The zero-order valence-electron chi connectivity index (χ0n) is 24.4. The average Bonchev–Trinajstić information content (AvgIpc) is 3.85. The predicted octanol–water partition coefficient (Wildman–Crippen LogP) is 5.80. The SMILES string of the molecule is COc1ccc(CCN(CCCN(C(=O)c2ccc([N+](=O)[O-])cc2)c2ccc(OC)c(OC)c2)C2CC2)cc1OC.Cl. The van der Waals surface area contributed by atoms with Crippen molar-refractivity contribution in [1.82, 2.24) is 4.90 Å². The highest BCUT2D eigenvalue weighted by atomic mass is 35.5. The first kappa shape index (κ1) is 32.5. The first-order valence-electron chi connectivity index (χ1n) is 13.6. The summed E-state index contributed by atoms with van der Waals surface area (Å²) in [5, 5.41) is 11.1. The first-order chi connectivity index (χ1) is 19.9. The Balaban J connectivity index is 0.00000484. The average molecular weight is 600 g/mol. The fourth-order valence-electron chi connectivity index (χ4n) is 4.88. The fraction of sp³-hybridized carbons (Fsp3) is 0.387. The van der Waals surface area contributed by atoms with E-state index in [1.165, 1.54) is 42.7 Å². The van der Waals surface area contributed by atoms with Crippen LogP contribution in [0.3, 0.4) is 0 Å². The predicted molar refractivity (Wildman–Crippen MR) is 164 cm³/mol. The van der Waals surface area contributed by atoms with Crippen molar-refractivity contribution in [3.05, 3.63) is 81.9 Å². The van der Waals surface area contributed by atoms with Gasteiger partial charge in [0, 0.05) is 55.1 Å². The quantitative estimate of drug-likeness (QED) is 0.160. The molecule has 1 saturated carbocycles. The molecule has 3 aromatic rings. The molecule has 11 heteroatoms. The lowest BCUT2D eigenvalue weighted by Crippen LogP contribution is -2.36. The summed E-state index contributed by atoms with van der Waals surface area (Å²) in [7, 11) is 6.38. The van der Waals surface area contributed by atoms with Gasteiger partial charge in [-0.3, -0.25) is 19.8 Å². The van der Waals surface area contributed by atoms with Gasteiger partial charge in [0.05, 0.1) is 33.4 Å². The maximum atomic E-state index is 13.7. The summed E-state index contributed by atoms with van der Waals surface area (Å²) in [4.78, 5) is 28.5. The van der Waals surface area contributed by atoms with Crippen molar-refractivity contribution >= 4 is 29.7 Å². The molecule has 0 bridgehead atoms. The Kier molecular flexibility index (Phi) is 11.8. The van der Waals surface area contributed by atoms with Gasteiger partial charge in [0.25, 0.3) is 11.6 Å². The minimum Gasteiger partial charge on any atom is -0.493 e. The number of nitrogens with zero attached hydrogens (tertiary/aromatic N) is 3. The molecule has 0 unspecified atom stereocenters. The van der Waals surface area contributed by atoms with Crippen LogP contribution in [0.1, 0.15) is 35.2 Å². The molecule has 1 aliphatic carbocycles. The van der Waals surface area contributed by atoms with Crippen molar-refractivity contribution < 1.29 is 28.7 Å². The normalized spacial score (nSPS) is 12.3. The highest BCUT2D eigenvalue weighted by Gasteiger charge is 2.29. The van der Waals surface area contributed by atoms with Gasteiger partial charge in [-0.25, -0.2) is 0 Å². The van der Waals surface area contributed by atoms with E-state index >= 15 is 0 Å². The molecule has 0 aliphatic heterocycles. The number of rotatable bonds is 15. The summed E-state index contributed by atoms with van der Waals surface area (Å²) in [6.07, 6.45) is 3.97. The molecule has 0 atom stereocenters. The summed E-state index contributed by atoms with van der Waals surface area (Å²) in [5.74, 6) is 2.27. The molecule has 0 N–H and O–H groups in total. The summed E-state index contributed by atoms with van der Waals surface area (Å²) < 4.78 is 21.7. The third-order valence-electron chi connectivity index (χ3n) is 7.27. The largest absolute Gasteiger partial charge is 0.493 e. The van der Waals surface area contributed by atoms with Crippen LogP contribution < -0.4 is 23.8 Å². The van der Waals surface area contributed by atoms with E-state index in [1.54, 1.807) is 45.5 Å². The second-order valence-electron chi connectivity index (χ2n) is 9.86. The van der Waals surface area contributed by atoms with Crippen LogP contribution in [-0.4, -0.2) is 69.8 Å². The third kappa shape index (κ3) is 8.04. The number of benzene rings is 3. The van der Waals surface area contributed by atoms with Crippen molar-refractivity contribution in [2.24, 2.45) is 0 Å². The number of hydrogen-bond donors (Lipinski definition) is 0. The number of halogens is 1. The number of methoxy groups -OCH3 is 4. The number of hydrogen-bond acceptors (Lipinski definition) is 8. The highest BCUT2D eigenvalue weighted by Crippen LogP contribution is 2.33. The van der Waals surface area contributed by atoms with Crippen LogP contribution in [0, 0.1) is 10.1 Å². The molecule has 226 valence electrons. The van der Waals surface area contributed by atoms with Crippen molar-refractivity contribution in [2.45, 2.75) is 31.7 Å². The van der Waals surface area contributed by atoms with Crippen LogP contribution in [0.15, 0.2) is 60.7 Å². The van der Waals surface area contributed by atoms with Crippen molar-refractivity contribution in [1.29, 1.82) is 0 Å². The molecule has 1 aliphatic rings. The topological polar surface area (TPSA) is 104 Å². The first-order valence-corrected chi connectivity index (χ1v) is 13.6. The molecule has 0 aromatic heterocycles. The number of carbonyl (C=O) groups excluding carboxylic acids is 1. The lowest BCUT2D eigenvalue weighted by atomic mass is 10.1. The van der Waals surface area contributed by atoms with Gasteiger partial charge in [0.1, 0.15) is 0 Å². The van der Waals surface area contributed by atoms with Crippen LogP contribution in [0.25, 0.3) is 0 Å². The lowest BCUT2D eigenvalue weighted by molar-refractivity contribution is -0.384. The molecule has 1 fully saturated rings. The molecule has 3 aromatic carbocycles. The van der Waals surface area contributed by atoms with Gasteiger partial charge in [0.15, 0.2) is 23.0 Å². The van der Waals surface area contributed by atoms with Gasteiger partial charge in [-0.2, -0.15) is 0 Å². The number of nitro groups is 1.